The molecule has 0 bridgehead atoms. The number of aromatic nitrogens is 3. The van der Waals surface area contributed by atoms with Crippen LogP contribution in [-0.4, -0.2) is 31.6 Å². The average Bonchev–Trinajstić information content (AvgIpc) is 2.76. The van der Waals surface area contributed by atoms with Crippen LogP contribution in [0.15, 0.2) is 29.4 Å². The van der Waals surface area contributed by atoms with Crippen molar-refractivity contribution in [2.45, 2.75) is 31.3 Å². The molecule has 1 heterocycles. The molecule has 3 N–H and O–H groups in total. The van der Waals surface area contributed by atoms with Crippen molar-refractivity contribution in [3.63, 3.8) is 0 Å². The largest absolute Gasteiger partial charge is 0.481 e. The van der Waals surface area contributed by atoms with E-state index in [0.29, 0.717) is 5.16 Å². The fourth-order valence-electron chi connectivity index (χ4n) is 1.85. The van der Waals surface area contributed by atoms with Gasteiger partial charge in [-0.05, 0) is 23.1 Å². The Bertz CT molecular complexity index is 644. The number of thioether (sulfide) groups is 1. The second-order valence-corrected chi connectivity index (χ2v) is 6.60. The Morgan fingerprint density at radius 1 is 1.29 bits per heavy atom. The fraction of sp³-hybridized carbons (Fsp3) is 0.357. The van der Waals surface area contributed by atoms with Gasteiger partial charge in [-0.1, -0.05) is 44.7 Å². The highest BCUT2D eigenvalue weighted by Gasteiger charge is 2.16. The van der Waals surface area contributed by atoms with Crippen LogP contribution in [0.1, 0.15) is 26.3 Å². The van der Waals surface area contributed by atoms with Crippen LogP contribution >= 0.6 is 11.8 Å². The Kier molecular flexibility index (Phi) is 4.22. The summed E-state index contributed by atoms with van der Waals surface area (Å²) in [6.45, 7) is 6.43. The molecule has 21 heavy (non-hydrogen) atoms. The quantitative estimate of drug-likeness (QED) is 0.842. The summed E-state index contributed by atoms with van der Waals surface area (Å²) in [6, 6.07) is 7.93. The zero-order chi connectivity index (χ0) is 15.6. The van der Waals surface area contributed by atoms with E-state index in [-0.39, 0.29) is 17.1 Å². The number of aliphatic carboxylic acids is 1. The first-order chi connectivity index (χ1) is 9.79. The molecule has 0 saturated carbocycles. The summed E-state index contributed by atoms with van der Waals surface area (Å²) in [6.07, 6.45) is 0. The summed E-state index contributed by atoms with van der Waals surface area (Å²) in [7, 11) is 0. The van der Waals surface area contributed by atoms with Gasteiger partial charge in [0, 0.05) is 0 Å². The maximum absolute atomic E-state index is 10.7. The van der Waals surface area contributed by atoms with Crippen molar-refractivity contribution in [1.82, 2.24) is 14.8 Å². The number of benzene rings is 1. The van der Waals surface area contributed by atoms with Gasteiger partial charge in [0.2, 0.25) is 5.95 Å². The molecule has 2 rings (SSSR count). The number of carboxylic acids is 1. The van der Waals surface area contributed by atoms with Crippen molar-refractivity contribution in [3.8, 4) is 5.69 Å². The monoisotopic (exact) mass is 306 g/mol. The van der Waals surface area contributed by atoms with Gasteiger partial charge in [0.1, 0.15) is 0 Å². The van der Waals surface area contributed by atoms with E-state index in [9.17, 15) is 4.79 Å². The first kappa shape index (κ1) is 15.4. The van der Waals surface area contributed by atoms with Gasteiger partial charge in [0.25, 0.3) is 0 Å². The standard InChI is InChI=1S/C14H18N4O2S/c1-14(2,3)9-4-6-10(7-5-9)18-12(15)16-17-13(18)21-8-11(19)20/h4-7H,8H2,1-3H3,(H2,15,16)(H,19,20). The van der Waals surface area contributed by atoms with Crippen molar-refractivity contribution >= 4 is 23.7 Å². The normalized spacial score (nSPS) is 11.6. The highest BCUT2D eigenvalue weighted by atomic mass is 32.2. The van der Waals surface area contributed by atoms with Gasteiger partial charge in [-0.15, -0.1) is 10.2 Å². The number of carboxylic acid groups (broad SMARTS) is 1. The Morgan fingerprint density at radius 3 is 2.43 bits per heavy atom. The van der Waals surface area contributed by atoms with E-state index in [1.807, 2.05) is 24.3 Å². The maximum Gasteiger partial charge on any atom is 0.313 e. The summed E-state index contributed by atoms with van der Waals surface area (Å²) in [5, 5.41) is 17.0. The maximum atomic E-state index is 10.7. The molecule has 0 fully saturated rings. The summed E-state index contributed by atoms with van der Waals surface area (Å²) in [4.78, 5) is 10.7. The number of nitrogens with two attached hydrogens (primary N) is 1. The van der Waals surface area contributed by atoms with Crippen LogP contribution in [0.4, 0.5) is 5.95 Å². The Morgan fingerprint density at radius 2 is 1.90 bits per heavy atom. The third kappa shape index (κ3) is 3.55. The first-order valence-electron chi connectivity index (χ1n) is 6.45. The fourth-order valence-corrected chi connectivity index (χ4v) is 2.53. The molecule has 0 aliphatic rings. The lowest BCUT2D eigenvalue weighted by molar-refractivity contribution is -0.133. The molecule has 7 heteroatoms. The van der Waals surface area contributed by atoms with Crippen molar-refractivity contribution in [3.05, 3.63) is 29.8 Å². The van der Waals surface area contributed by atoms with Gasteiger partial charge < -0.3 is 10.8 Å². The zero-order valence-electron chi connectivity index (χ0n) is 12.2. The molecular weight excluding hydrogens is 288 g/mol. The molecule has 1 aromatic heterocycles. The molecule has 6 nitrogen and oxygen atoms in total. The van der Waals surface area contributed by atoms with E-state index >= 15 is 0 Å². The topological polar surface area (TPSA) is 94.0 Å². The predicted molar refractivity (Wildman–Crippen MR) is 82.8 cm³/mol. The summed E-state index contributed by atoms with van der Waals surface area (Å²) in [5.74, 6) is -0.749. The van der Waals surface area contributed by atoms with Crippen LogP contribution in [0.25, 0.3) is 5.69 Å². The minimum Gasteiger partial charge on any atom is -0.481 e. The lowest BCUT2D eigenvalue weighted by Gasteiger charge is -2.19. The SMILES string of the molecule is CC(C)(C)c1ccc(-n2c(N)nnc2SCC(=O)O)cc1. The Hall–Kier alpha value is -2.02. The van der Waals surface area contributed by atoms with Gasteiger partial charge in [-0.25, -0.2) is 0 Å². The van der Waals surface area contributed by atoms with Crippen molar-refractivity contribution in [2.24, 2.45) is 0 Å². The smallest absolute Gasteiger partial charge is 0.313 e. The second-order valence-electron chi connectivity index (χ2n) is 5.66. The Balaban J connectivity index is 2.33. The Labute approximate surface area is 127 Å². The lowest BCUT2D eigenvalue weighted by atomic mass is 9.87. The molecule has 0 aliphatic carbocycles. The molecule has 0 radical (unpaired) electrons. The van der Waals surface area contributed by atoms with Crippen LogP contribution in [0.2, 0.25) is 0 Å². The molecular formula is C14H18N4O2S. The molecule has 2 aromatic rings. The third-order valence-corrected chi connectivity index (χ3v) is 3.89. The molecule has 0 spiro atoms. The van der Waals surface area contributed by atoms with Crippen LogP contribution in [0, 0.1) is 0 Å². The highest BCUT2D eigenvalue weighted by Crippen LogP contribution is 2.26. The van der Waals surface area contributed by atoms with Crippen molar-refractivity contribution in [1.29, 1.82) is 0 Å². The average molecular weight is 306 g/mol. The van der Waals surface area contributed by atoms with E-state index in [4.69, 9.17) is 10.8 Å². The summed E-state index contributed by atoms with van der Waals surface area (Å²) < 4.78 is 1.65. The van der Waals surface area contributed by atoms with Crippen molar-refractivity contribution < 1.29 is 9.90 Å². The number of hydrogen-bond donors (Lipinski definition) is 2. The first-order valence-corrected chi connectivity index (χ1v) is 7.44. The van der Waals surface area contributed by atoms with Gasteiger partial charge in [-0.3, -0.25) is 9.36 Å². The molecule has 0 atom stereocenters. The zero-order valence-corrected chi connectivity index (χ0v) is 13.0. The molecule has 0 unspecified atom stereocenters. The molecule has 0 aliphatic heterocycles. The predicted octanol–water partition coefficient (Wildman–Crippen LogP) is 2.32. The minimum absolute atomic E-state index is 0.0676. The molecule has 1 aromatic carbocycles. The van der Waals surface area contributed by atoms with Gasteiger partial charge >= 0.3 is 5.97 Å². The number of hydrogen-bond acceptors (Lipinski definition) is 5. The molecule has 112 valence electrons. The van der Waals surface area contributed by atoms with Crippen LogP contribution in [0.5, 0.6) is 0 Å². The number of carbonyl (C=O) groups is 1. The van der Waals surface area contributed by atoms with Crippen LogP contribution in [-0.2, 0) is 10.2 Å². The summed E-state index contributed by atoms with van der Waals surface area (Å²) in [5.41, 5.74) is 7.92. The number of nitrogens with zero attached hydrogens (tertiary/aromatic N) is 3. The van der Waals surface area contributed by atoms with Crippen molar-refractivity contribution in [2.75, 3.05) is 11.5 Å². The van der Waals surface area contributed by atoms with E-state index in [0.717, 1.165) is 17.4 Å². The molecule has 0 saturated heterocycles. The highest BCUT2D eigenvalue weighted by molar-refractivity contribution is 7.99. The van der Waals surface area contributed by atoms with E-state index < -0.39 is 5.97 Å². The molecule has 0 amide bonds. The van der Waals surface area contributed by atoms with E-state index in [1.165, 1.54) is 5.56 Å². The van der Waals surface area contributed by atoms with Gasteiger partial charge in [0.15, 0.2) is 5.16 Å². The second kappa shape index (κ2) is 5.77. The number of anilines is 1. The number of nitrogen functional groups attached to an aromatic ring is 1. The number of rotatable bonds is 4. The van der Waals surface area contributed by atoms with E-state index in [2.05, 4.69) is 31.0 Å². The lowest BCUT2D eigenvalue weighted by Crippen LogP contribution is -2.11. The van der Waals surface area contributed by atoms with Gasteiger partial charge in [0.05, 0.1) is 11.4 Å². The summed E-state index contributed by atoms with van der Waals surface area (Å²) >= 11 is 1.09. The third-order valence-electron chi connectivity index (χ3n) is 2.97. The minimum atomic E-state index is -0.906. The van der Waals surface area contributed by atoms with Crippen LogP contribution in [0.3, 0.4) is 0 Å². The van der Waals surface area contributed by atoms with Crippen LogP contribution < -0.4 is 5.73 Å². The van der Waals surface area contributed by atoms with E-state index in [1.54, 1.807) is 4.57 Å². The van der Waals surface area contributed by atoms with Gasteiger partial charge in [-0.2, -0.15) is 0 Å².